The van der Waals surface area contributed by atoms with E-state index in [-0.39, 0.29) is 0 Å². The van der Waals surface area contributed by atoms with Crippen molar-refractivity contribution in [2.45, 2.75) is 71.3 Å². The van der Waals surface area contributed by atoms with Gasteiger partial charge in [-0.1, -0.05) is 63.8 Å². The van der Waals surface area contributed by atoms with Crippen molar-refractivity contribution in [3.8, 4) is 0 Å². The van der Waals surface area contributed by atoms with Gasteiger partial charge < -0.3 is 5.32 Å². The first-order valence-electron chi connectivity index (χ1n) is 8.64. The Kier molecular flexibility index (Phi) is 6.59. The van der Waals surface area contributed by atoms with Gasteiger partial charge in [0.25, 0.3) is 0 Å². The third-order valence-electron chi connectivity index (χ3n) is 4.82. The van der Waals surface area contributed by atoms with Crippen LogP contribution in [0.5, 0.6) is 0 Å². The molecular formula is C19H31N. The molecule has 0 bridgehead atoms. The Morgan fingerprint density at radius 1 is 0.950 bits per heavy atom. The Morgan fingerprint density at radius 2 is 1.55 bits per heavy atom. The molecule has 2 rings (SSSR count). The van der Waals surface area contributed by atoms with Gasteiger partial charge in [0.2, 0.25) is 0 Å². The Balaban J connectivity index is 1.99. The van der Waals surface area contributed by atoms with Crippen LogP contribution in [0.15, 0.2) is 24.3 Å². The Bertz CT molecular complexity index is 360. The van der Waals surface area contributed by atoms with Gasteiger partial charge in [-0.25, -0.2) is 0 Å². The van der Waals surface area contributed by atoms with Gasteiger partial charge in [-0.15, -0.1) is 0 Å². The molecule has 0 aliphatic heterocycles. The molecule has 0 spiro atoms. The Morgan fingerprint density at radius 3 is 2.10 bits per heavy atom. The fourth-order valence-electron chi connectivity index (χ4n) is 3.55. The number of hydrogen-bond donors (Lipinski definition) is 1. The minimum absolute atomic E-state index is 0.672. The molecule has 1 N–H and O–H groups in total. The van der Waals surface area contributed by atoms with Crippen LogP contribution in [0.3, 0.4) is 0 Å². The van der Waals surface area contributed by atoms with Crippen molar-refractivity contribution < 1.29 is 0 Å². The number of benzene rings is 1. The summed E-state index contributed by atoms with van der Waals surface area (Å²) in [4.78, 5) is 0. The van der Waals surface area contributed by atoms with Crippen molar-refractivity contribution in [2.75, 3.05) is 6.54 Å². The van der Waals surface area contributed by atoms with Gasteiger partial charge in [-0.2, -0.15) is 0 Å². The lowest BCUT2D eigenvalue weighted by Gasteiger charge is -2.27. The molecule has 0 amide bonds. The van der Waals surface area contributed by atoms with Crippen molar-refractivity contribution in [3.05, 3.63) is 35.4 Å². The number of aryl methyl sites for hydroxylation is 1. The molecule has 1 saturated carbocycles. The van der Waals surface area contributed by atoms with Gasteiger partial charge in [-0.05, 0) is 49.3 Å². The van der Waals surface area contributed by atoms with Crippen molar-refractivity contribution in [1.29, 1.82) is 0 Å². The highest BCUT2D eigenvalue weighted by molar-refractivity contribution is 5.23. The summed E-state index contributed by atoms with van der Waals surface area (Å²) in [6, 6.07) is 9.93. The predicted molar refractivity (Wildman–Crippen MR) is 88.2 cm³/mol. The lowest BCUT2D eigenvalue weighted by Crippen LogP contribution is -2.37. The molecule has 112 valence electrons. The summed E-state index contributed by atoms with van der Waals surface area (Å²) in [5.41, 5.74) is 2.95. The number of rotatable bonds is 6. The molecule has 1 aromatic rings. The van der Waals surface area contributed by atoms with Crippen molar-refractivity contribution in [3.63, 3.8) is 0 Å². The van der Waals surface area contributed by atoms with Gasteiger partial charge in [0.15, 0.2) is 0 Å². The van der Waals surface area contributed by atoms with Crippen molar-refractivity contribution >= 4 is 0 Å². The monoisotopic (exact) mass is 273 g/mol. The smallest absolute Gasteiger partial charge is 0.0136 e. The van der Waals surface area contributed by atoms with E-state index in [2.05, 4.69) is 43.4 Å². The Labute approximate surface area is 125 Å². The molecule has 1 heteroatoms. The van der Waals surface area contributed by atoms with Gasteiger partial charge in [0.1, 0.15) is 0 Å². The van der Waals surface area contributed by atoms with Crippen molar-refractivity contribution in [1.82, 2.24) is 5.32 Å². The summed E-state index contributed by atoms with van der Waals surface area (Å²) < 4.78 is 0. The van der Waals surface area contributed by atoms with Crippen LogP contribution in [0, 0.1) is 5.92 Å². The fraction of sp³-hybridized carbons (Fsp3) is 0.684. The van der Waals surface area contributed by atoms with Gasteiger partial charge in [0, 0.05) is 6.04 Å². The van der Waals surface area contributed by atoms with E-state index in [0.29, 0.717) is 6.04 Å². The highest BCUT2D eigenvalue weighted by Crippen LogP contribution is 2.27. The average Bonchev–Trinajstić information content (AvgIpc) is 2.76. The molecule has 1 nitrogen and oxygen atoms in total. The van der Waals surface area contributed by atoms with Crippen LogP contribution in [0.4, 0.5) is 0 Å². The molecule has 0 heterocycles. The zero-order valence-electron chi connectivity index (χ0n) is 13.3. The molecule has 1 aliphatic rings. The summed E-state index contributed by atoms with van der Waals surface area (Å²) in [7, 11) is 0. The minimum atomic E-state index is 0.672. The highest BCUT2D eigenvalue weighted by Gasteiger charge is 2.22. The quantitative estimate of drug-likeness (QED) is 0.738. The summed E-state index contributed by atoms with van der Waals surface area (Å²) in [6.07, 6.45) is 10.9. The third-order valence-corrected chi connectivity index (χ3v) is 4.82. The third kappa shape index (κ3) is 4.63. The molecule has 0 radical (unpaired) electrons. The largest absolute Gasteiger partial charge is 0.314 e. The molecule has 1 aromatic carbocycles. The average molecular weight is 273 g/mol. The first-order chi connectivity index (χ1) is 9.83. The fourth-order valence-corrected chi connectivity index (χ4v) is 3.55. The molecule has 20 heavy (non-hydrogen) atoms. The molecular weight excluding hydrogens is 242 g/mol. The summed E-state index contributed by atoms with van der Waals surface area (Å²) in [5, 5.41) is 3.76. The zero-order chi connectivity index (χ0) is 14.2. The molecule has 1 atom stereocenters. The first kappa shape index (κ1) is 15.6. The molecule has 0 saturated heterocycles. The van der Waals surface area contributed by atoms with Gasteiger partial charge in [-0.3, -0.25) is 0 Å². The summed E-state index contributed by atoms with van der Waals surface area (Å²) in [5.74, 6) is 0.878. The lowest BCUT2D eigenvalue weighted by atomic mass is 9.87. The second-order valence-electron chi connectivity index (χ2n) is 6.29. The maximum absolute atomic E-state index is 3.76. The SMILES string of the molecule is CCNC(Cc1ccc(CC)cc1)C1CCCCCC1. The molecule has 1 aliphatic carbocycles. The topological polar surface area (TPSA) is 12.0 Å². The predicted octanol–water partition coefficient (Wildman–Crippen LogP) is 4.74. The minimum Gasteiger partial charge on any atom is -0.314 e. The maximum Gasteiger partial charge on any atom is 0.0136 e. The second kappa shape index (κ2) is 8.46. The molecule has 1 fully saturated rings. The van der Waals surface area contributed by atoms with Crippen LogP contribution in [0.25, 0.3) is 0 Å². The lowest BCUT2D eigenvalue weighted by molar-refractivity contribution is 0.321. The van der Waals surface area contributed by atoms with Crippen LogP contribution in [0.2, 0.25) is 0 Å². The molecule has 0 aromatic heterocycles. The van der Waals surface area contributed by atoms with Crippen LogP contribution in [0.1, 0.15) is 63.5 Å². The van der Waals surface area contributed by atoms with E-state index < -0.39 is 0 Å². The van der Waals surface area contributed by atoms with Gasteiger partial charge >= 0.3 is 0 Å². The van der Waals surface area contributed by atoms with E-state index in [1.54, 1.807) is 0 Å². The number of hydrogen-bond acceptors (Lipinski definition) is 1. The first-order valence-corrected chi connectivity index (χ1v) is 8.64. The number of nitrogens with one attached hydrogen (secondary N) is 1. The van der Waals surface area contributed by atoms with E-state index in [9.17, 15) is 0 Å². The summed E-state index contributed by atoms with van der Waals surface area (Å²) in [6.45, 7) is 5.56. The van der Waals surface area contributed by atoms with Crippen LogP contribution in [-0.2, 0) is 12.8 Å². The van der Waals surface area contributed by atoms with Crippen LogP contribution in [-0.4, -0.2) is 12.6 Å². The summed E-state index contributed by atoms with van der Waals surface area (Å²) >= 11 is 0. The van der Waals surface area contributed by atoms with E-state index in [0.717, 1.165) is 18.9 Å². The van der Waals surface area contributed by atoms with Crippen LogP contribution >= 0.6 is 0 Å². The Hall–Kier alpha value is -0.820. The van der Waals surface area contributed by atoms with E-state index in [4.69, 9.17) is 0 Å². The van der Waals surface area contributed by atoms with Crippen LogP contribution < -0.4 is 5.32 Å². The number of likely N-dealkylation sites (N-methyl/N-ethyl adjacent to an activating group) is 1. The normalized spacial score (nSPS) is 18.7. The maximum atomic E-state index is 3.76. The van der Waals surface area contributed by atoms with Crippen molar-refractivity contribution in [2.24, 2.45) is 5.92 Å². The zero-order valence-corrected chi connectivity index (χ0v) is 13.3. The second-order valence-corrected chi connectivity index (χ2v) is 6.29. The van der Waals surface area contributed by atoms with E-state index >= 15 is 0 Å². The van der Waals surface area contributed by atoms with Gasteiger partial charge in [0.05, 0.1) is 0 Å². The standard InChI is InChI=1S/C19H31N/c1-3-16-11-13-17(14-12-16)15-19(20-4-2)18-9-7-5-6-8-10-18/h11-14,18-20H,3-10,15H2,1-2H3. The highest BCUT2D eigenvalue weighted by atomic mass is 14.9. The van der Waals surface area contributed by atoms with E-state index in [1.807, 2.05) is 0 Å². The van der Waals surface area contributed by atoms with E-state index in [1.165, 1.54) is 56.1 Å². The molecule has 1 unspecified atom stereocenters.